The van der Waals surface area contributed by atoms with Crippen LogP contribution in [0.25, 0.3) is 0 Å². The minimum absolute atomic E-state index is 0.0326. The van der Waals surface area contributed by atoms with Crippen molar-refractivity contribution in [2.75, 3.05) is 17.4 Å². The number of rotatable bonds is 12. The molecule has 0 spiro atoms. The molecule has 0 aliphatic rings. The van der Waals surface area contributed by atoms with Crippen LogP contribution in [0.1, 0.15) is 32.3 Å². The molecule has 0 bridgehead atoms. The first-order chi connectivity index (χ1) is 18.5. The van der Waals surface area contributed by atoms with Crippen LogP contribution in [0.2, 0.25) is 10.0 Å². The molecule has 0 aliphatic carbocycles. The fourth-order valence-electron chi connectivity index (χ4n) is 3.82. The van der Waals surface area contributed by atoms with E-state index in [9.17, 15) is 22.4 Å². The predicted octanol–water partition coefficient (Wildman–Crippen LogP) is 5.66. The zero-order valence-corrected chi connectivity index (χ0v) is 23.9. The Labute approximate surface area is 238 Å². The highest BCUT2D eigenvalue weighted by Crippen LogP contribution is 2.33. The van der Waals surface area contributed by atoms with Crippen LogP contribution in [0.15, 0.2) is 77.7 Å². The third-order valence-corrected chi connectivity index (χ3v) is 8.36. The average Bonchev–Trinajstić information content (AvgIpc) is 2.91. The molecule has 2 amide bonds. The first-order valence-electron chi connectivity index (χ1n) is 12.4. The molecular formula is C28H30Cl2FN3O4S. The molecule has 7 nitrogen and oxygen atoms in total. The van der Waals surface area contributed by atoms with Crippen molar-refractivity contribution in [1.82, 2.24) is 10.2 Å². The van der Waals surface area contributed by atoms with Gasteiger partial charge in [-0.3, -0.25) is 13.9 Å². The predicted molar refractivity (Wildman–Crippen MR) is 152 cm³/mol. The average molecular weight is 595 g/mol. The zero-order chi connectivity index (χ0) is 28.6. The van der Waals surface area contributed by atoms with E-state index in [4.69, 9.17) is 23.2 Å². The van der Waals surface area contributed by atoms with E-state index in [0.29, 0.717) is 17.1 Å². The lowest BCUT2D eigenvalue weighted by molar-refractivity contribution is -0.139. The lowest BCUT2D eigenvalue weighted by Gasteiger charge is -2.32. The summed E-state index contributed by atoms with van der Waals surface area (Å²) in [6, 6.07) is 16.5. The van der Waals surface area contributed by atoms with Gasteiger partial charge in [-0.05, 0) is 61.4 Å². The fraction of sp³-hybridized carbons (Fsp3) is 0.286. The molecule has 39 heavy (non-hydrogen) atoms. The maximum atomic E-state index is 13.8. The van der Waals surface area contributed by atoms with Gasteiger partial charge in [-0.25, -0.2) is 12.8 Å². The minimum Gasteiger partial charge on any atom is -0.354 e. The molecule has 0 aliphatic heterocycles. The van der Waals surface area contributed by atoms with Crippen molar-refractivity contribution in [2.24, 2.45) is 0 Å². The minimum atomic E-state index is -4.25. The summed E-state index contributed by atoms with van der Waals surface area (Å²) in [6.07, 6.45) is 1.64. The van der Waals surface area contributed by atoms with Crippen LogP contribution in [0, 0.1) is 5.82 Å². The zero-order valence-electron chi connectivity index (χ0n) is 21.6. The van der Waals surface area contributed by atoms with Crippen LogP contribution in [0.4, 0.5) is 10.1 Å². The normalized spacial score (nSPS) is 12.0. The quantitative estimate of drug-likeness (QED) is 0.274. The Balaban J connectivity index is 2.01. The summed E-state index contributed by atoms with van der Waals surface area (Å²) in [5, 5.41) is 3.14. The summed E-state index contributed by atoms with van der Waals surface area (Å²) in [7, 11) is -4.25. The first-order valence-corrected chi connectivity index (χ1v) is 14.6. The van der Waals surface area contributed by atoms with Crippen molar-refractivity contribution in [3.63, 3.8) is 0 Å². The second-order valence-corrected chi connectivity index (χ2v) is 11.6. The van der Waals surface area contributed by atoms with Crippen molar-refractivity contribution in [3.8, 4) is 0 Å². The number of nitrogens with one attached hydrogen (secondary N) is 1. The topological polar surface area (TPSA) is 86.8 Å². The van der Waals surface area contributed by atoms with Crippen LogP contribution >= 0.6 is 23.2 Å². The number of carbonyl (C=O) groups excluding carboxylic acids is 2. The van der Waals surface area contributed by atoms with Crippen molar-refractivity contribution < 1.29 is 22.4 Å². The van der Waals surface area contributed by atoms with Gasteiger partial charge in [0.2, 0.25) is 11.8 Å². The summed E-state index contributed by atoms with van der Waals surface area (Å²) in [5.74, 6) is -1.48. The van der Waals surface area contributed by atoms with Gasteiger partial charge in [-0.2, -0.15) is 0 Å². The molecule has 208 valence electrons. The van der Waals surface area contributed by atoms with E-state index in [1.165, 1.54) is 59.5 Å². The molecule has 1 N–H and O–H groups in total. The summed E-state index contributed by atoms with van der Waals surface area (Å²) in [4.78, 5) is 28.0. The number of hydrogen-bond donors (Lipinski definition) is 1. The number of hydrogen-bond acceptors (Lipinski definition) is 4. The highest BCUT2D eigenvalue weighted by atomic mass is 35.5. The molecule has 1 atom stereocenters. The molecule has 0 heterocycles. The number of unbranched alkanes of at least 4 members (excludes halogenated alkanes) is 1. The number of carbonyl (C=O) groups is 2. The van der Waals surface area contributed by atoms with Crippen LogP contribution in [-0.2, 0) is 26.2 Å². The van der Waals surface area contributed by atoms with Gasteiger partial charge in [0.15, 0.2) is 0 Å². The molecule has 3 aromatic carbocycles. The molecule has 0 saturated heterocycles. The third kappa shape index (κ3) is 7.94. The van der Waals surface area contributed by atoms with Gasteiger partial charge in [0, 0.05) is 18.1 Å². The van der Waals surface area contributed by atoms with E-state index in [0.717, 1.165) is 17.1 Å². The molecule has 0 aromatic heterocycles. The van der Waals surface area contributed by atoms with Crippen molar-refractivity contribution in [1.29, 1.82) is 0 Å². The van der Waals surface area contributed by atoms with Crippen molar-refractivity contribution >= 4 is 50.7 Å². The van der Waals surface area contributed by atoms with Gasteiger partial charge in [-0.15, -0.1) is 0 Å². The summed E-state index contributed by atoms with van der Waals surface area (Å²) in [5.41, 5.74) is 0.625. The van der Waals surface area contributed by atoms with Crippen LogP contribution in [0.3, 0.4) is 0 Å². The lowest BCUT2D eigenvalue weighted by Crippen LogP contribution is -2.51. The van der Waals surface area contributed by atoms with Gasteiger partial charge in [0.25, 0.3) is 10.0 Å². The van der Waals surface area contributed by atoms with Crippen LogP contribution in [0.5, 0.6) is 0 Å². The van der Waals surface area contributed by atoms with Crippen LogP contribution < -0.4 is 9.62 Å². The SMILES string of the molecule is CCCCNC(=O)[C@@H](C)N(Cc1ccc(F)cc1)C(=O)CN(c1ccc(Cl)cc1Cl)S(=O)(=O)c1ccccc1. The maximum Gasteiger partial charge on any atom is 0.264 e. The van der Waals surface area contributed by atoms with Crippen molar-refractivity contribution in [3.05, 3.63) is 94.2 Å². The van der Waals surface area contributed by atoms with Crippen molar-refractivity contribution in [2.45, 2.75) is 44.2 Å². The van der Waals surface area contributed by atoms with E-state index < -0.39 is 34.3 Å². The summed E-state index contributed by atoms with van der Waals surface area (Å²) in [6.45, 7) is 3.30. The Morgan fingerprint density at radius 3 is 2.28 bits per heavy atom. The Morgan fingerprint density at radius 2 is 1.67 bits per heavy atom. The largest absolute Gasteiger partial charge is 0.354 e. The van der Waals surface area contributed by atoms with E-state index in [-0.39, 0.29) is 28.1 Å². The highest BCUT2D eigenvalue weighted by Gasteiger charge is 2.33. The Morgan fingerprint density at radius 1 is 1.00 bits per heavy atom. The number of anilines is 1. The van der Waals surface area contributed by atoms with E-state index in [2.05, 4.69) is 5.32 Å². The van der Waals surface area contributed by atoms with Gasteiger partial charge in [0.1, 0.15) is 18.4 Å². The summed E-state index contributed by atoms with van der Waals surface area (Å²) >= 11 is 12.4. The van der Waals surface area contributed by atoms with E-state index in [1.54, 1.807) is 25.1 Å². The fourth-order valence-corrected chi connectivity index (χ4v) is 5.84. The van der Waals surface area contributed by atoms with E-state index >= 15 is 0 Å². The molecule has 0 unspecified atom stereocenters. The molecule has 0 radical (unpaired) electrons. The molecule has 0 saturated carbocycles. The Hall–Kier alpha value is -3.14. The molecular weight excluding hydrogens is 564 g/mol. The highest BCUT2D eigenvalue weighted by molar-refractivity contribution is 7.92. The van der Waals surface area contributed by atoms with Gasteiger partial charge in [-0.1, -0.05) is 66.9 Å². The van der Waals surface area contributed by atoms with E-state index in [1.807, 2.05) is 6.92 Å². The third-order valence-electron chi connectivity index (χ3n) is 6.05. The summed E-state index contributed by atoms with van der Waals surface area (Å²) < 4.78 is 41.9. The lowest BCUT2D eigenvalue weighted by atomic mass is 10.1. The monoisotopic (exact) mass is 593 g/mol. The molecule has 11 heteroatoms. The Bertz CT molecular complexity index is 1390. The Kier molecular flexibility index (Phi) is 10.7. The van der Waals surface area contributed by atoms with Gasteiger partial charge < -0.3 is 10.2 Å². The molecule has 0 fully saturated rings. The maximum absolute atomic E-state index is 13.8. The number of halogens is 3. The number of nitrogens with zero attached hydrogens (tertiary/aromatic N) is 2. The van der Waals surface area contributed by atoms with Crippen LogP contribution in [-0.4, -0.2) is 44.3 Å². The number of sulfonamides is 1. The van der Waals surface area contributed by atoms with Gasteiger partial charge >= 0.3 is 0 Å². The second-order valence-electron chi connectivity index (χ2n) is 8.89. The second kappa shape index (κ2) is 13.8. The molecule has 3 rings (SSSR count). The first kappa shape index (κ1) is 30.4. The van der Waals surface area contributed by atoms with Gasteiger partial charge in [0.05, 0.1) is 15.6 Å². The smallest absolute Gasteiger partial charge is 0.264 e. The number of amides is 2. The number of benzene rings is 3. The molecule has 3 aromatic rings. The standard InChI is InChI=1S/C28H30Cl2FN3O4S/c1-3-4-16-32-28(36)20(2)33(18-21-10-13-23(31)14-11-21)27(35)19-34(26-15-12-22(29)17-25(26)30)39(37,38)24-8-6-5-7-9-24/h5-15,17,20H,3-4,16,18-19H2,1-2H3,(H,32,36)/t20-/m1/s1.